The van der Waals surface area contributed by atoms with Gasteiger partial charge >= 0.3 is 0 Å². The summed E-state index contributed by atoms with van der Waals surface area (Å²) in [6.45, 7) is 8.21. The quantitative estimate of drug-likeness (QED) is 0.397. The number of ether oxygens (including phenoxy) is 1. The fourth-order valence-electron chi connectivity index (χ4n) is 2.36. The van der Waals surface area contributed by atoms with E-state index >= 15 is 0 Å². The zero-order valence-corrected chi connectivity index (χ0v) is 17.3. The Bertz CT molecular complexity index is 818. The van der Waals surface area contributed by atoms with Crippen LogP contribution in [0.15, 0.2) is 39.1 Å². The summed E-state index contributed by atoms with van der Waals surface area (Å²) < 4.78 is 6.84. The van der Waals surface area contributed by atoms with Gasteiger partial charge in [-0.25, -0.2) is 4.98 Å². The minimum atomic E-state index is -1.11. The fourth-order valence-corrected chi connectivity index (χ4v) is 3.44. The first kappa shape index (κ1) is 18.2. The lowest BCUT2D eigenvalue weighted by Gasteiger charge is -2.24. The molecule has 0 spiro atoms. The Labute approximate surface area is 157 Å². The Kier molecular flexibility index (Phi) is 5.60. The molecule has 25 heavy (non-hydrogen) atoms. The first-order valence-electron chi connectivity index (χ1n) is 8.28. The molecule has 2 aromatic heterocycles. The van der Waals surface area contributed by atoms with E-state index in [0.29, 0.717) is 13.2 Å². The molecule has 0 radical (unpaired) electrons. The van der Waals surface area contributed by atoms with Crippen molar-refractivity contribution in [1.82, 2.24) is 9.97 Å². The summed E-state index contributed by atoms with van der Waals surface area (Å²) in [5.74, 6) is 1.65. The summed E-state index contributed by atoms with van der Waals surface area (Å²) in [6.07, 6.45) is 4.26. The molecule has 8 heteroatoms. The minimum Gasteiger partial charge on any atom is -0.361 e. The van der Waals surface area contributed by atoms with E-state index in [1.165, 1.54) is 0 Å². The third-order valence-corrected chi connectivity index (χ3v) is 5.96. The van der Waals surface area contributed by atoms with E-state index < -0.39 is 8.07 Å². The lowest BCUT2D eigenvalue weighted by molar-refractivity contribution is 0.154. The Morgan fingerprint density at radius 2 is 2.08 bits per heavy atom. The van der Waals surface area contributed by atoms with Crippen molar-refractivity contribution in [2.45, 2.75) is 32.1 Å². The van der Waals surface area contributed by atoms with E-state index in [1.54, 1.807) is 12.4 Å². The number of nitrogens with zero attached hydrogens (tertiary/aromatic N) is 5. The highest BCUT2D eigenvalue weighted by Crippen LogP contribution is 2.21. The number of fused-ring (bicyclic) bond motifs is 1. The van der Waals surface area contributed by atoms with Gasteiger partial charge in [0.15, 0.2) is 0 Å². The molecule has 1 aliphatic rings. The van der Waals surface area contributed by atoms with Crippen LogP contribution in [-0.4, -0.2) is 43.4 Å². The molecule has 0 N–H and O–H groups in total. The highest BCUT2D eigenvalue weighted by Gasteiger charge is 2.19. The summed E-state index contributed by atoms with van der Waals surface area (Å²) in [4.78, 5) is 11.1. The van der Waals surface area contributed by atoms with Gasteiger partial charge in [0, 0.05) is 38.0 Å². The van der Waals surface area contributed by atoms with Gasteiger partial charge in [0.05, 0.1) is 11.0 Å². The van der Waals surface area contributed by atoms with Crippen LogP contribution < -0.4 is 4.90 Å². The molecule has 0 fully saturated rings. The summed E-state index contributed by atoms with van der Waals surface area (Å²) in [7, 11) is -1.11. The van der Waals surface area contributed by atoms with Crippen LogP contribution in [0.4, 0.5) is 5.82 Å². The van der Waals surface area contributed by atoms with E-state index in [0.717, 1.165) is 39.8 Å². The maximum absolute atomic E-state index is 5.93. The third kappa shape index (κ3) is 4.93. The zero-order valence-electron chi connectivity index (χ0n) is 14.7. The molecule has 2 aromatic rings. The van der Waals surface area contributed by atoms with Gasteiger partial charge < -0.3 is 4.74 Å². The Morgan fingerprint density at radius 1 is 1.24 bits per heavy atom. The highest BCUT2D eigenvalue weighted by atomic mass is 79.9. The number of hydrogen-bond acceptors (Lipinski definition) is 6. The maximum Gasteiger partial charge on any atom is 0.140 e. The van der Waals surface area contributed by atoms with Crippen LogP contribution in [0.5, 0.6) is 0 Å². The molecule has 1 aliphatic heterocycles. The first-order chi connectivity index (χ1) is 11.9. The van der Waals surface area contributed by atoms with E-state index in [2.05, 4.69) is 50.8 Å². The van der Waals surface area contributed by atoms with Crippen LogP contribution in [0.25, 0.3) is 11.0 Å². The standard InChI is InChI=1S/C17H22BrN5OSi/c1-25(2,3)9-8-24-12-23(17-6-7-20-22-17)16-5-4-14-15(21-16)10-13(18)11-19-14/h4-5,7,10-11H,6,8-9,12H2,1-3H3. The molecule has 0 unspecified atom stereocenters. The van der Waals surface area contributed by atoms with Gasteiger partial charge in [-0.2, -0.15) is 5.10 Å². The van der Waals surface area contributed by atoms with Crippen molar-refractivity contribution in [2.75, 3.05) is 18.2 Å². The molecule has 0 bridgehead atoms. The molecule has 132 valence electrons. The average molecular weight is 420 g/mol. The Hall–Kier alpha value is -1.64. The monoisotopic (exact) mass is 419 g/mol. The summed E-state index contributed by atoms with van der Waals surface area (Å²) >= 11 is 3.45. The number of amidine groups is 1. The molecular formula is C17H22BrN5OSi. The van der Waals surface area contributed by atoms with Gasteiger partial charge in [-0.05, 0) is 40.2 Å². The molecule has 0 aromatic carbocycles. The number of halogens is 1. The first-order valence-corrected chi connectivity index (χ1v) is 12.8. The number of pyridine rings is 2. The lowest BCUT2D eigenvalue weighted by atomic mass is 10.3. The fraction of sp³-hybridized carbons (Fsp3) is 0.412. The zero-order chi connectivity index (χ0) is 17.9. The van der Waals surface area contributed by atoms with E-state index in [1.807, 2.05) is 23.1 Å². The maximum atomic E-state index is 5.93. The van der Waals surface area contributed by atoms with Crippen molar-refractivity contribution in [3.8, 4) is 0 Å². The van der Waals surface area contributed by atoms with Crippen LogP contribution in [-0.2, 0) is 4.74 Å². The third-order valence-electron chi connectivity index (χ3n) is 3.82. The highest BCUT2D eigenvalue weighted by molar-refractivity contribution is 9.10. The van der Waals surface area contributed by atoms with E-state index in [9.17, 15) is 0 Å². The number of anilines is 1. The van der Waals surface area contributed by atoms with Crippen molar-refractivity contribution in [3.63, 3.8) is 0 Å². The van der Waals surface area contributed by atoms with E-state index in [4.69, 9.17) is 9.72 Å². The minimum absolute atomic E-state index is 0.423. The molecular weight excluding hydrogens is 398 g/mol. The predicted octanol–water partition coefficient (Wildman–Crippen LogP) is 4.30. The second-order valence-corrected chi connectivity index (χ2v) is 13.7. The predicted molar refractivity (Wildman–Crippen MR) is 109 cm³/mol. The van der Waals surface area contributed by atoms with Crippen molar-refractivity contribution >= 4 is 52.9 Å². The molecule has 0 amide bonds. The lowest BCUT2D eigenvalue weighted by Crippen LogP contribution is -2.34. The van der Waals surface area contributed by atoms with Crippen LogP contribution in [0, 0.1) is 0 Å². The SMILES string of the molecule is C[Si](C)(C)CCOCN(C1=NN=CC1)c1ccc2ncc(Br)cc2n1. The summed E-state index contributed by atoms with van der Waals surface area (Å²) in [6, 6.07) is 7.01. The van der Waals surface area contributed by atoms with Crippen molar-refractivity contribution in [2.24, 2.45) is 10.2 Å². The molecule has 0 saturated carbocycles. The van der Waals surface area contributed by atoms with Crippen LogP contribution in [0.3, 0.4) is 0 Å². The van der Waals surface area contributed by atoms with Gasteiger partial charge in [-0.15, -0.1) is 5.10 Å². The number of rotatable bonds is 6. The smallest absolute Gasteiger partial charge is 0.140 e. The second-order valence-electron chi connectivity index (χ2n) is 7.16. The molecule has 3 heterocycles. The molecule has 3 rings (SSSR count). The molecule has 6 nitrogen and oxygen atoms in total. The topological polar surface area (TPSA) is 63.0 Å². The van der Waals surface area contributed by atoms with Crippen LogP contribution >= 0.6 is 15.9 Å². The van der Waals surface area contributed by atoms with Crippen LogP contribution in [0.1, 0.15) is 6.42 Å². The van der Waals surface area contributed by atoms with Gasteiger partial charge in [0.25, 0.3) is 0 Å². The van der Waals surface area contributed by atoms with Gasteiger partial charge in [0.1, 0.15) is 18.4 Å². The van der Waals surface area contributed by atoms with Crippen molar-refractivity contribution < 1.29 is 4.74 Å². The van der Waals surface area contributed by atoms with E-state index in [-0.39, 0.29) is 0 Å². The van der Waals surface area contributed by atoms with Gasteiger partial charge in [-0.1, -0.05) is 19.6 Å². The normalized spacial score (nSPS) is 14.2. The summed E-state index contributed by atoms with van der Waals surface area (Å²) in [5, 5.41) is 8.19. The molecule has 0 saturated heterocycles. The molecule has 0 atom stereocenters. The number of hydrogen-bond donors (Lipinski definition) is 0. The van der Waals surface area contributed by atoms with Gasteiger partial charge in [0.2, 0.25) is 0 Å². The Morgan fingerprint density at radius 3 is 2.80 bits per heavy atom. The Balaban J connectivity index is 1.79. The van der Waals surface area contributed by atoms with Crippen molar-refractivity contribution in [1.29, 1.82) is 0 Å². The van der Waals surface area contributed by atoms with Crippen molar-refractivity contribution in [3.05, 3.63) is 28.9 Å². The van der Waals surface area contributed by atoms with Gasteiger partial charge in [-0.3, -0.25) is 9.88 Å². The average Bonchev–Trinajstić information content (AvgIpc) is 3.07. The van der Waals surface area contributed by atoms with Crippen LogP contribution in [0.2, 0.25) is 25.7 Å². The number of aromatic nitrogens is 2. The largest absolute Gasteiger partial charge is 0.361 e. The summed E-state index contributed by atoms with van der Waals surface area (Å²) in [5.41, 5.74) is 1.69. The second kappa shape index (κ2) is 7.71. The molecule has 0 aliphatic carbocycles.